The minimum atomic E-state index is -0.504. The van der Waals surface area contributed by atoms with E-state index in [2.05, 4.69) is 16.4 Å². The van der Waals surface area contributed by atoms with Crippen molar-refractivity contribution in [3.63, 3.8) is 0 Å². The molecule has 0 saturated carbocycles. The third-order valence-corrected chi connectivity index (χ3v) is 4.63. The molecule has 0 aliphatic carbocycles. The van der Waals surface area contributed by atoms with Gasteiger partial charge in [0.25, 0.3) is 0 Å². The molecule has 1 aliphatic heterocycles. The fraction of sp³-hybridized carbons (Fsp3) is 0.167. The first-order valence-corrected chi connectivity index (χ1v) is 8.09. The van der Waals surface area contributed by atoms with Gasteiger partial charge in [-0.05, 0) is 24.3 Å². The molecule has 0 saturated heterocycles. The van der Waals surface area contributed by atoms with Gasteiger partial charge in [0.05, 0.1) is 5.02 Å². The number of carbonyl (C=O) groups excluding carboxylic acids is 1. The lowest BCUT2D eigenvalue weighted by molar-refractivity contribution is 0.206. The first kappa shape index (κ1) is 15.0. The van der Waals surface area contributed by atoms with Gasteiger partial charge >= 0.3 is 6.03 Å². The summed E-state index contributed by atoms with van der Waals surface area (Å²) >= 11 is 5.76. The quantitative estimate of drug-likeness (QED) is 0.669. The van der Waals surface area contributed by atoms with E-state index in [4.69, 9.17) is 11.6 Å². The predicted octanol–water partition coefficient (Wildman–Crippen LogP) is 4.55. The first-order valence-electron chi connectivity index (χ1n) is 7.71. The highest BCUT2D eigenvalue weighted by molar-refractivity contribution is 6.31. The Balaban J connectivity index is 1.55. The van der Waals surface area contributed by atoms with Crippen LogP contribution in [0.5, 0.6) is 0 Å². The van der Waals surface area contributed by atoms with E-state index in [0.717, 1.165) is 22.9 Å². The molecule has 122 valence electrons. The van der Waals surface area contributed by atoms with Crippen molar-refractivity contribution in [2.75, 3.05) is 11.9 Å². The molecule has 2 N–H and O–H groups in total. The minimum absolute atomic E-state index is 0.00893. The molecular weight excluding hydrogens is 329 g/mol. The van der Waals surface area contributed by atoms with Gasteiger partial charge in [-0.15, -0.1) is 0 Å². The maximum Gasteiger partial charge on any atom is 0.322 e. The van der Waals surface area contributed by atoms with Crippen molar-refractivity contribution in [1.82, 2.24) is 9.88 Å². The average Bonchev–Trinajstić information content (AvgIpc) is 2.96. The molecule has 1 aromatic heterocycles. The number of hydrogen-bond donors (Lipinski definition) is 2. The molecule has 24 heavy (non-hydrogen) atoms. The highest BCUT2D eigenvalue weighted by atomic mass is 35.5. The highest BCUT2D eigenvalue weighted by Gasteiger charge is 2.24. The van der Waals surface area contributed by atoms with Gasteiger partial charge in [-0.25, -0.2) is 9.18 Å². The van der Waals surface area contributed by atoms with Gasteiger partial charge in [0, 0.05) is 47.4 Å². The monoisotopic (exact) mass is 343 g/mol. The summed E-state index contributed by atoms with van der Waals surface area (Å²) in [4.78, 5) is 17.7. The first-order chi connectivity index (χ1) is 11.6. The summed E-state index contributed by atoms with van der Waals surface area (Å²) in [5.41, 5.74) is 3.92. The topological polar surface area (TPSA) is 48.1 Å². The van der Waals surface area contributed by atoms with Crippen molar-refractivity contribution < 1.29 is 9.18 Å². The van der Waals surface area contributed by atoms with E-state index in [1.807, 2.05) is 18.2 Å². The van der Waals surface area contributed by atoms with Crippen molar-refractivity contribution >= 4 is 34.2 Å². The SMILES string of the molecule is O=C(Nc1ccc(F)c(Cl)c1)N1CCc2[nH]c3ccccc3c2C1. The lowest BCUT2D eigenvalue weighted by Crippen LogP contribution is -2.38. The second kappa shape index (κ2) is 5.83. The fourth-order valence-corrected chi connectivity index (χ4v) is 3.30. The Morgan fingerprint density at radius 2 is 2.08 bits per heavy atom. The summed E-state index contributed by atoms with van der Waals surface area (Å²) in [6.07, 6.45) is 0.779. The van der Waals surface area contributed by atoms with Gasteiger partial charge in [-0.3, -0.25) is 0 Å². The summed E-state index contributed by atoms with van der Waals surface area (Å²) in [5.74, 6) is -0.504. The zero-order chi connectivity index (χ0) is 16.7. The second-order valence-electron chi connectivity index (χ2n) is 5.86. The number of aromatic nitrogens is 1. The molecule has 1 aliphatic rings. The molecule has 4 nitrogen and oxygen atoms in total. The Morgan fingerprint density at radius 3 is 2.92 bits per heavy atom. The zero-order valence-electron chi connectivity index (χ0n) is 12.8. The lowest BCUT2D eigenvalue weighted by atomic mass is 10.0. The summed E-state index contributed by atoms with van der Waals surface area (Å²) in [7, 11) is 0. The number of benzene rings is 2. The van der Waals surface area contributed by atoms with E-state index in [1.165, 1.54) is 23.9 Å². The van der Waals surface area contributed by atoms with Gasteiger partial charge in [0.1, 0.15) is 5.82 Å². The molecule has 0 spiro atoms. The summed E-state index contributed by atoms with van der Waals surface area (Å²) in [6.45, 7) is 1.17. The maximum atomic E-state index is 13.2. The number of halogens is 2. The van der Waals surface area contributed by atoms with E-state index in [1.54, 1.807) is 4.90 Å². The number of aromatic amines is 1. The number of rotatable bonds is 1. The van der Waals surface area contributed by atoms with Crippen molar-refractivity contribution in [3.8, 4) is 0 Å². The molecule has 0 bridgehead atoms. The minimum Gasteiger partial charge on any atom is -0.358 e. The van der Waals surface area contributed by atoms with Gasteiger partial charge in [-0.1, -0.05) is 29.8 Å². The molecular formula is C18H15ClFN3O. The van der Waals surface area contributed by atoms with Crippen LogP contribution in [-0.2, 0) is 13.0 Å². The average molecular weight is 344 g/mol. The fourth-order valence-electron chi connectivity index (χ4n) is 3.12. The highest BCUT2D eigenvalue weighted by Crippen LogP contribution is 2.28. The van der Waals surface area contributed by atoms with E-state index >= 15 is 0 Å². The van der Waals surface area contributed by atoms with E-state index in [-0.39, 0.29) is 11.1 Å². The molecule has 6 heteroatoms. The van der Waals surface area contributed by atoms with Crippen molar-refractivity contribution in [2.45, 2.75) is 13.0 Å². The van der Waals surface area contributed by atoms with Crippen LogP contribution < -0.4 is 5.32 Å². The molecule has 2 heterocycles. The van der Waals surface area contributed by atoms with Crippen LogP contribution in [0.25, 0.3) is 10.9 Å². The van der Waals surface area contributed by atoms with Crippen LogP contribution in [0, 0.1) is 5.82 Å². The lowest BCUT2D eigenvalue weighted by Gasteiger charge is -2.27. The Kier molecular flexibility index (Phi) is 3.65. The van der Waals surface area contributed by atoms with Crippen LogP contribution >= 0.6 is 11.6 Å². The van der Waals surface area contributed by atoms with Crippen molar-refractivity contribution in [2.24, 2.45) is 0 Å². The number of nitrogens with one attached hydrogen (secondary N) is 2. The molecule has 0 unspecified atom stereocenters. The molecule has 0 radical (unpaired) electrons. The number of anilines is 1. The van der Waals surface area contributed by atoms with Crippen LogP contribution in [-0.4, -0.2) is 22.5 Å². The number of amides is 2. The number of para-hydroxylation sites is 1. The van der Waals surface area contributed by atoms with Gasteiger partial charge in [-0.2, -0.15) is 0 Å². The van der Waals surface area contributed by atoms with Gasteiger partial charge in [0.2, 0.25) is 0 Å². The van der Waals surface area contributed by atoms with Crippen LogP contribution in [0.15, 0.2) is 42.5 Å². The zero-order valence-corrected chi connectivity index (χ0v) is 13.5. The van der Waals surface area contributed by atoms with Crippen LogP contribution in [0.2, 0.25) is 5.02 Å². The van der Waals surface area contributed by atoms with Crippen molar-refractivity contribution in [1.29, 1.82) is 0 Å². The van der Waals surface area contributed by atoms with Crippen LogP contribution in [0.3, 0.4) is 0 Å². The standard InChI is InChI=1S/C18H15ClFN3O/c19-14-9-11(5-6-15(14)20)21-18(24)23-8-7-17-13(10-23)12-3-1-2-4-16(12)22-17/h1-6,9,22H,7-8,10H2,(H,21,24). The third kappa shape index (κ3) is 2.61. The van der Waals surface area contributed by atoms with E-state index in [0.29, 0.717) is 18.8 Å². The predicted molar refractivity (Wildman–Crippen MR) is 92.8 cm³/mol. The number of H-pyrrole nitrogens is 1. The molecule has 4 rings (SSSR count). The second-order valence-corrected chi connectivity index (χ2v) is 6.27. The Labute approximate surface area is 143 Å². The van der Waals surface area contributed by atoms with Crippen LogP contribution in [0.4, 0.5) is 14.9 Å². The molecule has 3 aromatic rings. The Bertz CT molecular complexity index is 937. The largest absolute Gasteiger partial charge is 0.358 e. The molecule has 0 fully saturated rings. The normalized spacial score (nSPS) is 13.8. The number of nitrogens with zero attached hydrogens (tertiary/aromatic N) is 1. The van der Waals surface area contributed by atoms with Crippen molar-refractivity contribution in [3.05, 3.63) is 64.6 Å². The van der Waals surface area contributed by atoms with Gasteiger partial charge < -0.3 is 15.2 Å². The van der Waals surface area contributed by atoms with Crippen LogP contribution in [0.1, 0.15) is 11.3 Å². The van der Waals surface area contributed by atoms with E-state index < -0.39 is 5.82 Å². The third-order valence-electron chi connectivity index (χ3n) is 4.34. The summed E-state index contributed by atoms with van der Waals surface area (Å²) in [6, 6.07) is 12.0. The Hall–Kier alpha value is -2.53. The summed E-state index contributed by atoms with van der Waals surface area (Å²) in [5, 5.41) is 3.92. The summed E-state index contributed by atoms with van der Waals surface area (Å²) < 4.78 is 13.2. The smallest absolute Gasteiger partial charge is 0.322 e. The number of hydrogen-bond acceptors (Lipinski definition) is 1. The maximum absolute atomic E-state index is 13.2. The van der Waals surface area contributed by atoms with E-state index in [9.17, 15) is 9.18 Å². The number of urea groups is 1. The Morgan fingerprint density at radius 1 is 1.25 bits per heavy atom. The number of carbonyl (C=O) groups is 1. The van der Waals surface area contributed by atoms with Gasteiger partial charge in [0.15, 0.2) is 0 Å². The molecule has 2 amide bonds. The molecule has 0 atom stereocenters. The molecule has 2 aromatic carbocycles. The number of fused-ring (bicyclic) bond motifs is 3.